The van der Waals surface area contributed by atoms with Crippen molar-refractivity contribution in [1.82, 2.24) is 5.32 Å². The molecule has 0 amide bonds. The van der Waals surface area contributed by atoms with E-state index in [9.17, 15) is 0 Å². The summed E-state index contributed by atoms with van der Waals surface area (Å²) >= 11 is 0. The molecule has 0 unspecified atom stereocenters. The van der Waals surface area contributed by atoms with Gasteiger partial charge in [-0.15, -0.1) is 0 Å². The Balaban J connectivity index is 1.51. The van der Waals surface area contributed by atoms with Gasteiger partial charge in [0.1, 0.15) is 5.75 Å². The van der Waals surface area contributed by atoms with Gasteiger partial charge in [-0.2, -0.15) is 0 Å². The maximum atomic E-state index is 5.21. The fourth-order valence-corrected chi connectivity index (χ4v) is 3.09. The van der Waals surface area contributed by atoms with Gasteiger partial charge in [-0.05, 0) is 48.9 Å². The van der Waals surface area contributed by atoms with Crippen molar-refractivity contribution in [2.24, 2.45) is 0 Å². The summed E-state index contributed by atoms with van der Waals surface area (Å²) in [5, 5.41) is 3.73. The lowest BCUT2D eigenvalue weighted by Crippen LogP contribution is -2.41. The average Bonchev–Trinajstić information content (AvgIpc) is 2.51. The molecule has 110 valence electrons. The van der Waals surface area contributed by atoms with Gasteiger partial charge in [0.2, 0.25) is 0 Å². The Labute approximate surface area is 127 Å². The molecule has 21 heavy (non-hydrogen) atoms. The molecule has 1 atom stereocenters. The van der Waals surface area contributed by atoms with E-state index in [1.54, 1.807) is 7.11 Å². The van der Waals surface area contributed by atoms with Crippen LogP contribution in [0.2, 0.25) is 0 Å². The van der Waals surface area contributed by atoms with E-state index in [4.69, 9.17) is 4.74 Å². The molecule has 0 heterocycles. The summed E-state index contributed by atoms with van der Waals surface area (Å²) in [4.78, 5) is 0. The Bertz CT molecular complexity index is 558. The van der Waals surface area contributed by atoms with Crippen LogP contribution in [0.4, 0.5) is 0 Å². The van der Waals surface area contributed by atoms with Crippen LogP contribution in [0, 0.1) is 0 Å². The minimum Gasteiger partial charge on any atom is -0.497 e. The van der Waals surface area contributed by atoms with E-state index in [0.29, 0.717) is 18.0 Å². The van der Waals surface area contributed by atoms with Gasteiger partial charge in [0.05, 0.1) is 7.11 Å². The maximum Gasteiger partial charge on any atom is 0.118 e. The lowest BCUT2D eigenvalue weighted by atomic mass is 9.75. The summed E-state index contributed by atoms with van der Waals surface area (Å²) in [6, 6.07) is 20.2. The molecule has 0 aliphatic heterocycles. The minimum atomic E-state index is 0.424. The van der Waals surface area contributed by atoms with E-state index in [1.807, 2.05) is 0 Å². The van der Waals surface area contributed by atoms with E-state index >= 15 is 0 Å². The van der Waals surface area contributed by atoms with Gasteiger partial charge in [0.25, 0.3) is 0 Å². The SMILES string of the molecule is COc1ccc(C2CC(N[C@@H](C)c3ccccc3)C2)cc1. The third-order valence-corrected chi connectivity index (χ3v) is 4.51. The number of benzene rings is 2. The van der Waals surface area contributed by atoms with Crippen molar-refractivity contribution in [3.8, 4) is 5.75 Å². The highest BCUT2D eigenvalue weighted by atomic mass is 16.5. The fraction of sp³-hybridized carbons (Fsp3) is 0.368. The first-order valence-electron chi connectivity index (χ1n) is 7.71. The summed E-state index contributed by atoms with van der Waals surface area (Å²) in [7, 11) is 1.71. The average molecular weight is 281 g/mol. The summed E-state index contributed by atoms with van der Waals surface area (Å²) in [5.41, 5.74) is 2.80. The highest BCUT2D eigenvalue weighted by Gasteiger charge is 2.31. The summed E-state index contributed by atoms with van der Waals surface area (Å²) in [5.74, 6) is 1.63. The zero-order chi connectivity index (χ0) is 14.7. The molecule has 0 radical (unpaired) electrons. The number of nitrogens with one attached hydrogen (secondary N) is 1. The molecule has 0 bridgehead atoms. The van der Waals surface area contributed by atoms with Crippen LogP contribution in [0.1, 0.15) is 42.9 Å². The van der Waals surface area contributed by atoms with E-state index in [0.717, 1.165) is 5.75 Å². The molecule has 1 N–H and O–H groups in total. The van der Waals surface area contributed by atoms with Crippen LogP contribution in [-0.4, -0.2) is 13.2 Å². The molecule has 2 aromatic rings. The first kappa shape index (κ1) is 14.2. The maximum absolute atomic E-state index is 5.21. The molecule has 3 rings (SSSR count). The second kappa shape index (κ2) is 6.31. The Morgan fingerprint density at radius 1 is 1.00 bits per heavy atom. The normalized spacial score (nSPS) is 22.4. The molecule has 2 aromatic carbocycles. The third kappa shape index (κ3) is 3.27. The first-order valence-corrected chi connectivity index (χ1v) is 7.71. The van der Waals surface area contributed by atoms with Crippen molar-refractivity contribution >= 4 is 0 Å². The van der Waals surface area contributed by atoms with Crippen LogP contribution < -0.4 is 10.1 Å². The van der Waals surface area contributed by atoms with Gasteiger partial charge in [-0.25, -0.2) is 0 Å². The van der Waals surface area contributed by atoms with Crippen LogP contribution >= 0.6 is 0 Å². The zero-order valence-electron chi connectivity index (χ0n) is 12.8. The quantitative estimate of drug-likeness (QED) is 0.882. The Hall–Kier alpha value is -1.80. The molecular formula is C19H23NO. The van der Waals surface area contributed by atoms with Crippen molar-refractivity contribution < 1.29 is 4.74 Å². The summed E-state index contributed by atoms with van der Waals surface area (Å²) < 4.78 is 5.21. The standard InChI is InChI=1S/C19H23NO/c1-14(15-6-4-3-5-7-15)20-18-12-17(13-18)16-8-10-19(21-2)11-9-16/h3-11,14,17-18,20H,12-13H2,1-2H3/t14-,17?,18?/m0/s1. The lowest BCUT2D eigenvalue weighted by molar-refractivity contribution is 0.271. The van der Waals surface area contributed by atoms with Crippen molar-refractivity contribution in [3.05, 3.63) is 65.7 Å². The molecule has 1 fully saturated rings. The number of rotatable bonds is 5. The van der Waals surface area contributed by atoms with Crippen molar-refractivity contribution in [1.29, 1.82) is 0 Å². The third-order valence-electron chi connectivity index (χ3n) is 4.51. The number of methoxy groups -OCH3 is 1. The highest BCUT2D eigenvalue weighted by Crippen LogP contribution is 2.38. The van der Waals surface area contributed by atoms with E-state index in [1.165, 1.54) is 24.0 Å². The van der Waals surface area contributed by atoms with Gasteiger partial charge in [-0.1, -0.05) is 42.5 Å². The highest BCUT2D eigenvalue weighted by molar-refractivity contribution is 5.31. The van der Waals surface area contributed by atoms with Crippen molar-refractivity contribution in [3.63, 3.8) is 0 Å². The second-order valence-electron chi connectivity index (χ2n) is 5.94. The molecule has 1 saturated carbocycles. The predicted octanol–water partition coefficient (Wildman–Crippen LogP) is 4.29. The van der Waals surface area contributed by atoms with E-state index in [-0.39, 0.29) is 0 Å². The van der Waals surface area contributed by atoms with E-state index < -0.39 is 0 Å². The molecule has 2 heteroatoms. The van der Waals surface area contributed by atoms with Crippen LogP contribution in [0.3, 0.4) is 0 Å². The smallest absolute Gasteiger partial charge is 0.118 e. The Kier molecular flexibility index (Phi) is 4.26. The first-order chi connectivity index (χ1) is 10.3. The van der Waals surface area contributed by atoms with Gasteiger partial charge in [-0.3, -0.25) is 0 Å². The molecule has 0 aromatic heterocycles. The Morgan fingerprint density at radius 2 is 1.67 bits per heavy atom. The van der Waals surface area contributed by atoms with Crippen LogP contribution in [0.25, 0.3) is 0 Å². The molecule has 0 spiro atoms. The summed E-state index contributed by atoms with van der Waals surface area (Å²) in [6.07, 6.45) is 2.45. The number of ether oxygens (including phenoxy) is 1. The number of hydrogen-bond acceptors (Lipinski definition) is 2. The largest absolute Gasteiger partial charge is 0.497 e. The van der Waals surface area contributed by atoms with Gasteiger partial charge in [0.15, 0.2) is 0 Å². The fourth-order valence-electron chi connectivity index (χ4n) is 3.09. The van der Waals surface area contributed by atoms with Crippen LogP contribution in [0.5, 0.6) is 5.75 Å². The topological polar surface area (TPSA) is 21.3 Å². The molecule has 0 saturated heterocycles. The zero-order valence-corrected chi connectivity index (χ0v) is 12.8. The van der Waals surface area contributed by atoms with Crippen LogP contribution in [-0.2, 0) is 0 Å². The second-order valence-corrected chi connectivity index (χ2v) is 5.94. The molecule has 1 aliphatic carbocycles. The lowest BCUT2D eigenvalue weighted by Gasteiger charge is -2.38. The molecule has 1 aliphatic rings. The predicted molar refractivity (Wildman–Crippen MR) is 86.7 cm³/mol. The summed E-state index contributed by atoms with van der Waals surface area (Å²) in [6.45, 7) is 2.25. The van der Waals surface area contributed by atoms with Gasteiger partial charge >= 0.3 is 0 Å². The number of hydrogen-bond donors (Lipinski definition) is 1. The molecular weight excluding hydrogens is 258 g/mol. The minimum absolute atomic E-state index is 0.424. The van der Waals surface area contributed by atoms with Crippen LogP contribution in [0.15, 0.2) is 54.6 Å². The van der Waals surface area contributed by atoms with Crippen molar-refractivity contribution in [2.45, 2.75) is 37.8 Å². The van der Waals surface area contributed by atoms with Gasteiger partial charge in [0, 0.05) is 12.1 Å². The van der Waals surface area contributed by atoms with Crippen molar-refractivity contribution in [2.75, 3.05) is 7.11 Å². The van der Waals surface area contributed by atoms with E-state index in [2.05, 4.69) is 66.8 Å². The Morgan fingerprint density at radius 3 is 2.29 bits per heavy atom. The molecule has 2 nitrogen and oxygen atoms in total. The van der Waals surface area contributed by atoms with Gasteiger partial charge < -0.3 is 10.1 Å². The monoisotopic (exact) mass is 281 g/mol.